The van der Waals surface area contributed by atoms with E-state index in [0.29, 0.717) is 36.9 Å². The molecule has 0 saturated heterocycles. The lowest BCUT2D eigenvalue weighted by molar-refractivity contribution is -0.136. The zero-order valence-electron chi connectivity index (χ0n) is 20.9. The Balaban J connectivity index is 1.52. The Morgan fingerprint density at radius 1 is 0.972 bits per heavy atom. The van der Waals surface area contributed by atoms with Gasteiger partial charge in [-0.15, -0.1) is 0 Å². The summed E-state index contributed by atoms with van der Waals surface area (Å²) in [5.74, 6) is 1.29. The maximum atomic E-state index is 11.2. The summed E-state index contributed by atoms with van der Waals surface area (Å²) >= 11 is 0. The second-order valence-electron chi connectivity index (χ2n) is 8.42. The number of carboxylic acids is 1. The number of aryl methyl sites for hydroxylation is 1. The Morgan fingerprint density at radius 3 is 2.53 bits per heavy atom. The van der Waals surface area contributed by atoms with Crippen LogP contribution in [-0.4, -0.2) is 40.8 Å². The van der Waals surface area contributed by atoms with Gasteiger partial charge >= 0.3 is 5.97 Å². The van der Waals surface area contributed by atoms with E-state index in [1.165, 1.54) is 28.2 Å². The van der Waals surface area contributed by atoms with Crippen LogP contribution >= 0.6 is 0 Å². The molecular weight excluding hydrogens is 454 g/mol. The number of aliphatic carboxylic acids is 1. The number of ether oxygens (including phenoxy) is 2. The number of nitrogens with one attached hydrogen (secondary N) is 1. The first-order chi connectivity index (χ1) is 17.5. The number of fused-ring (bicyclic) bond motifs is 1. The van der Waals surface area contributed by atoms with Gasteiger partial charge in [0, 0.05) is 23.7 Å². The molecule has 0 fully saturated rings. The summed E-state index contributed by atoms with van der Waals surface area (Å²) in [6.45, 7) is 7.76. The van der Waals surface area contributed by atoms with Gasteiger partial charge in [0.1, 0.15) is 23.6 Å². The van der Waals surface area contributed by atoms with E-state index in [9.17, 15) is 9.90 Å². The lowest BCUT2D eigenvalue weighted by Gasteiger charge is -2.16. The third-order valence-electron chi connectivity index (χ3n) is 6.05. The highest BCUT2D eigenvalue weighted by atomic mass is 16.5. The van der Waals surface area contributed by atoms with E-state index in [4.69, 9.17) is 9.47 Å². The quantitative estimate of drug-likeness (QED) is 0.282. The molecule has 0 aliphatic heterocycles. The first kappa shape index (κ1) is 25.0. The highest BCUT2D eigenvalue weighted by Gasteiger charge is 2.13. The van der Waals surface area contributed by atoms with Gasteiger partial charge in [-0.25, -0.2) is 9.97 Å². The number of aromatic nitrogens is 2. The molecule has 7 heteroatoms. The number of hydrogen-bond acceptors (Lipinski definition) is 6. The van der Waals surface area contributed by atoms with Crippen molar-refractivity contribution < 1.29 is 19.4 Å². The average molecular weight is 486 g/mol. The van der Waals surface area contributed by atoms with Crippen LogP contribution in [0, 0.1) is 6.92 Å². The van der Waals surface area contributed by atoms with Crippen molar-refractivity contribution in [1.29, 1.82) is 0 Å². The van der Waals surface area contributed by atoms with Crippen LogP contribution in [0.2, 0.25) is 0 Å². The minimum absolute atomic E-state index is 0.0931. The fourth-order valence-electron chi connectivity index (χ4n) is 4.38. The number of benzene rings is 3. The summed E-state index contributed by atoms with van der Waals surface area (Å²) in [6.07, 6.45) is 2.21. The van der Waals surface area contributed by atoms with E-state index < -0.39 is 5.97 Å². The zero-order chi connectivity index (χ0) is 25.5. The molecule has 0 amide bonds. The predicted molar refractivity (Wildman–Crippen MR) is 142 cm³/mol. The summed E-state index contributed by atoms with van der Waals surface area (Å²) < 4.78 is 11.7. The van der Waals surface area contributed by atoms with Gasteiger partial charge < -0.3 is 19.9 Å². The number of rotatable bonds is 11. The number of carboxylic acid groups (broad SMARTS) is 1. The van der Waals surface area contributed by atoms with Crippen molar-refractivity contribution in [2.24, 2.45) is 0 Å². The Bertz CT molecular complexity index is 1370. The van der Waals surface area contributed by atoms with Crippen LogP contribution in [0.15, 0.2) is 60.9 Å². The molecule has 4 rings (SSSR count). The molecule has 0 radical (unpaired) electrons. The Morgan fingerprint density at radius 2 is 1.75 bits per heavy atom. The zero-order valence-corrected chi connectivity index (χ0v) is 20.9. The van der Waals surface area contributed by atoms with E-state index in [-0.39, 0.29) is 6.42 Å². The van der Waals surface area contributed by atoms with E-state index in [2.05, 4.69) is 46.5 Å². The van der Waals surface area contributed by atoms with Gasteiger partial charge in [0.05, 0.1) is 25.3 Å². The first-order valence-electron chi connectivity index (χ1n) is 12.2. The van der Waals surface area contributed by atoms with Crippen LogP contribution in [-0.2, 0) is 17.6 Å². The Hall–Kier alpha value is -4.13. The van der Waals surface area contributed by atoms with Crippen LogP contribution in [0.1, 0.15) is 30.5 Å². The topological polar surface area (TPSA) is 93.6 Å². The predicted octanol–water partition coefficient (Wildman–Crippen LogP) is 5.68. The van der Waals surface area contributed by atoms with Crippen molar-refractivity contribution in [3.63, 3.8) is 0 Å². The molecule has 186 valence electrons. The largest absolute Gasteiger partial charge is 0.494 e. The van der Waals surface area contributed by atoms with Crippen molar-refractivity contribution in [2.45, 2.75) is 33.6 Å². The number of carbonyl (C=O) groups is 1. The normalized spacial score (nSPS) is 10.9. The smallest absolute Gasteiger partial charge is 0.307 e. The van der Waals surface area contributed by atoms with E-state index in [0.717, 1.165) is 23.4 Å². The van der Waals surface area contributed by atoms with Crippen molar-refractivity contribution in [2.75, 3.05) is 25.1 Å². The molecule has 1 aromatic heterocycles. The Kier molecular flexibility index (Phi) is 8.00. The minimum atomic E-state index is -0.897. The van der Waals surface area contributed by atoms with Crippen molar-refractivity contribution in [3.05, 3.63) is 77.6 Å². The fourth-order valence-corrected chi connectivity index (χ4v) is 4.38. The van der Waals surface area contributed by atoms with Crippen LogP contribution in [0.25, 0.3) is 22.0 Å². The van der Waals surface area contributed by atoms with Crippen molar-refractivity contribution in [1.82, 2.24) is 9.97 Å². The van der Waals surface area contributed by atoms with Crippen molar-refractivity contribution in [3.8, 4) is 22.8 Å². The lowest BCUT2D eigenvalue weighted by atomic mass is 9.97. The molecular formula is C29H31N3O4. The maximum absolute atomic E-state index is 11.2. The third-order valence-corrected chi connectivity index (χ3v) is 6.05. The lowest BCUT2D eigenvalue weighted by Crippen LogP contribution is -2.09. The highest BCUT2D eigenvalue weighted by Crippen LogP contribution is 2.32. The molecule has 0 saturated carbocycles. The maximum Gasteiger partial charge on any atom is 0.307 e. The number of anilines is 1. The molecule has 1 heterocycles. The van der Waals surface area contributed by atoms with Gasteiger partial charge in [-0.2, -0.15) is 0 Å². The van der Waals surface area contributed by atoms with E-state index in [1.54, 1.807) is 6.07 Å². The van der Waals surface area contributed by atoms with Crippen LogP contribution in [0.4, 0.5) is 5.82 Å². The van der Waals surface area contributed by atoms with Crippen molar-refractivity contribution >= 4 is 22.6 Å². The number of nitrogens with zero attached hydrogens (tertiary/aromatic N) is 2. The molecule has 0 aliphatic rings. The second-order valence-corrected chi connectivity index (χ2v) is 8.42. The van der Waals surface area contributed by atoms with Gasteiger partial charge in [0.15, 0.2) is 0 Å². The summed E-state index contributed by atoms with van der Waals surface area (Å²) in [6, 6.07) is 17.8. The SMILES string of the molecule is CCOc1cc(-c2cc(NCCc3c(OCC)cc4ccccc4c3C)ncn2)ccc1CC(=O)O. The molecule has 3 aromatic carbocycles. The third kappa shape index (κ3) is 5.74. The highest BCUT2D eigenvalue weighted by molar-refractivity contribution is 5.88. The standard InChI is InChI=1S/C29H31N3O4/c1-4-35-26-15-21(10-11-22(26)16-29(33)34)25-17-28(32-18-31-25)30-13-12-24-19(3)23-9-7-6-8-20(23)14-27(24)36-5-2/h6-11,14-15,17-18H,4-5,12-13,16H2,1-3H3,(H,33,34)(H,30,31,32). The monoisotopic (exact) mass is 485 g/mol. The molecule has 2 N–H and O–H groups in total. The van der Waals surface area contributed by atoms with Gasteiger partial charge in [-0.1, -0.05) is 36.4 Å². The summed E-state index contributed by atoms with van der Waals surface area (Å²) in [5, 5.41) is 15.0. The molecule has 0 unspecified atom stereocenters. The summed E-state index contributed by atoms with van der Waals surface area (Å²) in [5.41, 5.74) is 4.62. The van der Waals surface area contributed by atoms with Gasteiger partial charge in [-0.3, -0.25) is 4.79 Å². The van der Waals surface area contributed by atoms with Crippen LogP contribution in [0.5, 0.6) is 11.5 Å². The van der Waals surface area contributed by atoms with Crippen LogP contribution < -0.4 is 14.8 Å². The summed E-state index contributed by atoms with van der Waals surface area (Å²) in [4.78, 5) is 20.0. The molecule has 0 aliphatic carbocycles. The molecule has 4 aromatic rings. The minimum Gasteiger partial charge on any atom is -0.494 e. The molecule has 0 spiro atoms. The fraction of sp³-hybridized carbons (Fsp3) is 0.276. The summed E-state index contributed by atoms with van der Waals surface area (Å²) in [7, 11) is 0. The van der Waals surface area contributed by atoms with Gasteiger partial charge in [-0.05, 0) is 61.2 Å². The molecule has 0 bridgehead atoms. The van der Waals surface area contributed by atoms with E-state index >= 15 is 0 Å². The van der Waals surface area contributed by atoms with Gasteiger partial charge in [0.2, 0.25) is 0 Å². The average Bonchev–Trinajstić information content (AvgIpc) is 2.87. The number of hydrogen-bond donors (Lipinski definition) is 2. The van der Waals surface area contributed by atoms with E-state index in [1.807, 2.05) is 38.1 Å². The molecule has 0 atom stereocenters. The second kappa shape index (κ2) is 11.5. The Labute approximate surface area is 211 Å². The van der Waals surface area contributed by atoms with Gasteiger partial charge in [0.25, 0.3) is 0 Å². The first-order valence-corrected chi connectivity index (χ1v) is 12.2. The van der Waals surface area contributed by atoms with Crippen LogP contribution in [0.3, 0.4) is 0 Å². The molecule has 7 nitrogen and oxygen atoms in total. The molecule has 36 heavy (non-hydrogen) atoms.